The number of nitrogens with one attached hydrogen (secondary N) is 2. The molecular weight excluding hydrogens is 560 g/mol. The van der Waals surface area contributed by atoms with Crippen LogP contribution in [0.15, 0.2) is 24.3 Å². The van der Waals surface area contributed by atoms with E-state index in [-0.39, 0.29) is 36.4 Å². The second-order valence-corrected chi connectivity index (χ2v) is 14.5. The molecule has 7 heteroatoms. The lowest BCUT2D eigenvalue weighted by molar-refractivity contribution is -0.924. The molecule has 0 aliphatic carbocycles. The van der Waals surface area contributed by atoms with Crippen LogP contribution in [-0.4, -0.2) is 86.6 Å². The molecule has 2 N–H and O–H groups in total. The first-order chi connectivity index (χ1) is 21.3. The Morgan fingerprint density at radius 2 is 0.911 bits per heavy atom. The minimum absolute atomic E-state index is 0.00932. The number of unbranched alkanes of at least 4 members (excludes halogenated alkanes) is 12. The minimum atomic E-state index is -0.00932. The first kappa shape index (κ1) is 43.3. The fourth-order valence-electron chi connectivity index (χ4n) is 6.49. The van der Waals surface area contributed by atoms with Crippen LogP contribution in [-0.2, 0) is 14.3 Å². The number of hydrogen-bond donors (Lipinski definition) is 2. The van der Waals surface area contributed by atoms with Crippen molar-refractivity contribution in [3.63, 3.8) is 0 Å². The number of rotatable bonds is 28. The van der Waals surface area contributed by atoms with Gasteiger partial charge in [-0.3, -0.25) is 9.59 Å². The van der Waals surface area contributed by atoms with Crippen LogP contribution in [0.2, 0.25) is 0 Å². The Morgan fingerprint density at radius 3 is 1.24 bits per heavy atom. The lowest BCUT2D eigenvalue weighted by atomic mass is 10.1. The van der Waals surface area contributed by atoms with E-state index < -0.39 is 0 Å². The van der Waals surface area contributed by atoms with Crippen LogP contribution < -0.4 is 10.6 Å². The zero-order chi connectivity index (χ0) is 34.1. The SMILES string of the molecule is CCCCCCCCC=CC(=O)NC(CC)[N+](C)(C)CC(C)OC(C)C[N+](C)(C)C(CC)NC(=O)C=CCCCCCCCC. The molecule has 0 radical (unpaired) electrons. The molecule has 7 nitrogen and oxygen atoms in total. The molecule has 4 atom stereocenters. The standard InChI is InChI=1S/C38H74N4O3/c1-11-15-17-19-21-23-25-27-29-37(43)39-35(13-3)41(7,8)31-33(5)45-34(6)32-42(9,10)36(14-4)40-38(44)30-28-26-24-22-20-18-16-12-2/h27-30,33-36H,11-26,31-32H2,1-10H3/p+2. The van der Waals surface area contributed by atoms with Crippen molar-refractivity contribution in [3.8, 4) is 0 Å². The van der Waals surface area contributed by atoms with Gasteiger partial charge in [0.1, 0.15) is 25.3 Å². The third-order valence-electron chi connectivity index (χ3n) is 8.99. The Kier molecular flexibility index (Phi) is 24.4. The zero-order valence-electron chi connectivity index (χ0n) is 31.5. The maximum atomic E-state index is 12.7. The van der Waals surface area contributed by atoms with Gasteiger partial charge in [-0.05, 0) is 51.7 Å². The van der Waals surface area contributed by atoms with E-state index in [1.807, 2.05) is 12.2 Å². The van der Waals surface area contributed by atoms with Crippen molar-refractivity contribution in [2.24, 2.45) is 0 Å². The van der Waals surface area contributed by atoms with E-state index in [2.05, 4.69) is 80.4 Å². The Balaban J connectivity index is 4.73. The molecule has 264 valence electrons. The molecule has 0 rings (SSSR count). The van der Waals surface area contributed by atoms with Gasteiger partial charge >= 0.3 is 0 Å². The van der Waals surface area contributed by atoms with Crippen LogP contribution in [0.3, 0.4) is 0 Å². The maximum Gasteiger partial charge on any atom is 0.248 e. The topological polar surface area (TPSA) is 67.4 Å². The molecule has 0 heterocycles. The molecule has 0 aromatic heterocycles. The lowest BCUT2D eigenvalue weighted by Gasteiger charge is -2.41. The van der Waals surface area contributed by atoms with Gasteiger partial charge in [-0.25, -0.2) is 0 Å². The van der Waals surface area contributed by atoms with Crippen LogP contribution in [0.5, 0.6) is 0 Å². The highest BCUT2D eigenvalue weighted by atomic mass is 16.5. The largest absolute Gasteiger partial charge is 0.364 e. The smallest absolute Gasteiger partial charge is 0.248 e. The number of allylic oxidation sites excluding steroid dienone is 2. The number of carbonyl (C=O) groups is 2. The van der Waals surface area contributed by atoms with Crippen LogP contribution in [0, 0.1) is 0 Å². The van der Waals surface area contributed by atoms with Crippen molar-refractivity contribution in [1.82, 2.24) is 10.6 Å². The average Bonchev–Trinajstić information content (AvgIpc) is 2.96. The summed E-state index contributed by atoms with van der Waals surface area (Å²) in [6.07, 6.45) is 26.3. The molecule has 0 fully saturated rings. The van der Waals surface area contributed by atoms with Gasteiger partial charge in [0.2, 0.25) is 11.8 Å². The van der Waals surface area contributed by atoms with Gasteiger partial charge in [0.15, 0.2) is 12.3 Å². The molecule has 0 spiro atoms. The summed E-state index contributed by atoms with van der Waals surface area (Å²) >= 11 is 0. The highest BCUT2D eigenvalue weighted by Crippen LogP contribution is 2.16. The molecule has 0 aliphatic heterocycles. The third-order valence-corrected chi connectivity index (χ3v) is 8.99. The van der Waals surface area contributed by atoms with Gasteiger partial charge in [0, 0.05) is 12.8 Å². The Morgan fingerprint density at radius 1 is 0.578 bits per heavy atom. The molecule has 4 unspecified atom stereocenters. The molecule has 0 aliphatic rings. The van der Waals surface area contributed by atoms with E-state index in [0.29, 0.717) is 8.97 Å². The summed E-state index contributed by atoms with van der Waals surface area (Å²) in [5, 5.41) is 6.47. The molecule has 0 bridgehead atoms. The van der Waals surface area contributed by atoms with Crippen LogP contribution in [0.25, 0.3) is 0 Å². The third kappa shape index (κ3) is 21.7. The quantitative estimate of drug-likeness (QED) is 0.0393. The van der Waals surface area contributed by atoms with E-state index >= 15 is 0 Å². The number of quaternary nitrogens is 2. The van der Waals surface area contributed by atoms with Crippen LogP contribution in [0.4, 0.5) is 0 Å². The number of nitrogens with zero attached hydrogens (tertiary/aromatic N) is 2. The zero-order valence-corrected chi connectivity index (χ0v) is 31.5. The summed E-state index contributed by atoms with van der Waals surface area (Å²) < 4.78 is 7.79. The van der Waals surface area contributed by atoms with Crippen molar-refractivity contribution in [2.75, 3.05) is 41.3 Å². The van der Waals surface area contributed by atoms with E-state index in [1.54, 1.807) is 12.2 Å². The Bertz CT molecular complexity index is 758. The van der Waals surface area contributed by atoms with E-state index in [9.17, 15) is 9.59 Å². The first-order valence-corrected chi connectivity index (χ1v) is 18.6. The van der Waals surface area contributed by atoms with Gasteiger partial charge in [0.25, 0.3) is 0 Å². The molecule has 45 heavy (non-hydrogen) atoms. The number of ether oxygens (including phenoxy) is 1. The van der Waals surface area contributed by atoms with Gasteiger partial charge in [-0.15, -0.1) is 0 Å². The second-order valence-electron chi connectivity index (χ2n) is 14.5. The normalized spacial score (nSPS) is 15.3. The molecule has 0 saturated heterocycles. The van der Waals surface area contributed by atoms with Crippen molar-refractivity contribution >= 4 is 11.8 Å². The Labute approximate surface area is 279 Å². The maximum absolute atomic E-state index is 12.7. The van der Waals surface area contributed by atoms with Gasteiger partial charge in [0.05, 0.1) is 28.2 Å². The van der Waals surface area contributed by atoms with Gasteiger partial charge in [-0.2, -0.15) is 0 Å². The van der Waals surface area contributed by atoms with Crippen molar-refractivity contribution < 1.29 is 23.3 Å². The highest BCUT2D eigenvalue weighted by molar-refractivity contribution is 5.87. The number of hydrogen-bond acceptors (Lipinski definition) is 3. The minimum Gasteiger partial charge on any atom is -0.364 e. The summed E-state index contributed by atoms with van der Waals surface area (Å²) in [6, 6.07) is 0. The fraction of sp³-hybridized carbons (Fsp3) is 0.842. The number of amides is 2. The van der Waals surface area contributed by atoms with Crippen molar-refractivity contribution in [1.29, 1.82) is 0 Å². The summed E-state index contributed by atoms with van der Waals surface area (Å²) in [5.41, 5.74) is 0. The molecule has 2 amide bonds. The monoisotopic (exact) mass is 637 g/mol. The van der Waals surface area contributed by atoms with Gasteiger partial charge in [-0.1, -0.05) is 104 Å². The Hall–Kier alpha value is -1.70. The molecular formula is C38H76N4O3+2. The van der Waals surface area contributed by atoms with E-state index in [0.717, 1.165) is 51.6 Å². The summed E-state index contributed by atoms with van der Waals surface area (Å²) in [7, 11) is 8.67. The molecule has 0 aromatic carbocycles. The van der Waals surface area contributed by atoms with Crippen LogP contribution >= 0.6 is 0 Å². The second kappa shape index (κ2) is 25.4. The van der Waals surface area contributed by atoms with Crippen molar-refractivity contribution in [2.45, 2.75) is 169 Å². The number of carbonyl (C=O) groups excluding carboxylic acids is 2. The van der Waals surface area contributed by atoms with E-state index in [4.69, 9.17) is 4.74 Å². The first-order valence-electron chi connectivity index (χ1n) is 18.6. The van der Waals surface area contributed by atoms with Crippen molar-refractivity contribution in [3.05, 3.63) is 24.3 Å². The summed E-state index contributed by atoms with van der Waals surface area (Å²) in [5.74, 6) is -0.0186. The number of likely N-dealkylation sites (N-methyl/N-ethyl adjacent to an activating group) is 2. The average molecular weight is 637 g/mol. The van der Waals surface area contributed by atoms with Crippen LogP contribution in [0.1, 0.15) is 144 Å². The fourth-order valence-corrected chi connectivity index (χ4v) is 6.49. The summed E-state index contributed by atoms with van der Waals surface area (Å²) in [6.45, 7) is 14.6. The highest BCUT2D eigenvalue weighted by Gasteiger charge is 2.33. The van der Waals surface area contributed by atoms with E-state index in [1.165, 1.54) is 64.2 Å². The molecule has 0 aromatic rings. The predicted octanol–water partition coefficient (Wildman–Crippen LogP) is 8.25. The van der Waals surface area contributed by atoms with Gasteiger partial charge < -0.3 is 24.3 Å². The summed E-state index contributed by atoms with van der Waals surface area (Å²) in [4.78, 5) is 25.4. The predicted molar refractivity (Wildman–Crippen MR) is 193 cm³/mol. The lowest BCUT2D eigenvalue weighted by Crippen LogP contribution is -2.61. The molecule has 0 saturated carbocycles.